The van der Waals surface area contributed by atoms with E-state index in [2.05, 4.69) is 40.3 Å². The van der Waals surface area contributed by atoms with Crippen molar-refractivity contribution in [2.75, 3.05) is 13.1 Å². The summed E-state index contributed by atoms with van der Waals surface area (Å²) in [6.45, 7) is 4.11. The highest BCUT2D eigenvalue weighted by Gasteiger charge is 1.95. The standard InChI is InChI=1S/C12H15BrClN/c1-2-7-15-8-3-4-10-9-11(14)5-6-12(10)13/h3-6,9,15H,2,7-8H2,1H3. The molecule has 0 aliphatic heterocycles. The molecule has 0 heterocycles. The Morgan fingerprint density at radius 1 is 1.47 bits per heavy atom. The lowest BCUT2D eigenvalue weighted by atomic mass is 10.2. The van der Waals surface area contributed by atoms with E-state index < -0.39 is 0 Å². The van der Waals surface area contributed by atoms with E-state index in [0.29, 0.717) is 0 Å². The molecule has 0 unspecified atom stereocenters. The lowest BCUT2D eigenvalue weighted by Gasteiger charge is -2.00. The van der Waals surface area contributed by atoms with E-state index in [-0.39, 0.29) is 0 Å². The third-order valence-electron chi connectivity index (χ3n) is 1.94. The topological polar surface area (TPSA) is 12.0 Å². The molecule has 1 rings (SSSR count). The predicted octanol–water partition coefficient (Wildman–Crippen LogP) is 4.12. The molecular weight excluding hydrogens is 273 g/mol. The minimum absolute atomic E-state index is 0.763. The number of nitrogens with one attached hydrogen (secondary N) is 1. The zero-order valence-corrected chi connectivity index (χ0v) is 11.1. The van der Waals surface area contributed by atoms with Crippen LogP contribution in [0.3, 0.4) is 0 Å². The first-order valence-electron chi connectivity index (χ1n) is 5.06. The fourth-order valence-corrected chi connectivity index (χ4v) is 1.75. The molecule has 0 fully saturated rings. The minimum Gasteiger partial charge on any atom is -0.313 e. The summed E-state index contributed by atoms with van der Waals surface area (Å²) in [6, 6.07) is 5.78. The van der Waals surface area contributed by atoms with Crippen molar-refractivity contribution in [2.24, 2.45) is 0 Å². The summed E-state index contributed by atoms with van der Waals surface area (Å²) in [6.07, 6.45) is 5.33. The molecule has 1 aromatic carbocycles. The second-order valence-corrected chi connectivity index (χ2v) is 4.56. The van der Waals surface area contributed by atoms with Crippen molar-refractivity contribution >= 4 is 33.6 Å². The molecule has 15 heavy (non-hydrogen) atoms. The number of halogens is 2. The van der Waals surface area contributed by atoms with Crippen LogP contribution >= 0.6 is 27.5 Å². The number of rotatable bonds is 5. The summed E-state index contributed by atoms with van der Waals surface area (Å²) >= 11 is 9.39. The van der Waals surface area contributed by atoms with Crippen molar-refractivity contribution < 1.29 is 0 Å². The van der Waals surface area contributed by atoms with Gasteiger partial charge in [0.1, 0.15) is 0 Å². The summed E-state index contributed by atoms with van der Waals surface area (Å²) in [5.41, 5.74) is 1.11. The zero-order chi connectivity index (χ0) is 11.1. The summed E-state index contributed by atoms with van der Waals surface area (Å²) in [5, 5.41) is 4.07. The van der Waals surface area contributed by atoms with Crippen LogP contribution in [0.2, 0.25) is 5.02 Å². The quantitative estimate of drug-likeness (QED) is 0.804. The van der Waals surface area contributed by atoms with Gasteiger partial charge in [-0.3, -0.25) is 0 Å². The average Bonchev–Trinajstić information content (AvgIpc) is 2.23. The Morgan fingerprint density at radius 3 is 3.00 bits per heavy atom. The van der Waals surface area contributed by atoms with Crippen molar-refractivity contribution in [1.82, 2.24) is 5.32 Å². The fraction of sp³-hybridized carbons (Fsp3) is 0.333. The molecule has 0 amide bonds. The first kappa shape index (κ1) is 12.8. The van der Waals surface area contributed by atoms with Gasteiger partial charge in [0.05, 0.1) is 0 Å². The van der Waals surface area contributed by atoms with Crippen LogP contribution in [0.1, 0.15) is 18.9 Å². The molecule has 0 aliphatic rings. The first-order valence-corrected chi connectivity index (χ1v) is 6.23. The third kappa shape index (κ3) is 4.83. The average molecular weight is 289 g/mol. The summed E-state index contributed by atoms with van der Waals surface area (Å²) in [5.74, 6) is 0. The SMILES string of the molecule is CCCNCC=Cc1cc(Cl)ccc1Br. The Balaban J connectivity index is 2.52. The molecule has 0 bridgehead atoms. The Morgan fingerprint density at radius 2 is 2.27 bits per heavy atom. The molecule has 0 saturated carbocycles. The van der Waals surface area contributed by atoms with E-state index in [1.165, 1.54) is 0 Å². The largest absolute Gasteiger partial charge is 0.313 e. The first-order chi connectivity index (χ1) is 7.24. The maximum absolute atomic E-state index is 5.91. The van der Waals surface area contributed by atoms with Gasteiger partial charge in [0.2, 0.25) is 0 Å². The minimum atomic E-state index is 0.763. The maximum Gasteiger partial charge on any atom is 0.0412 e. The van der Waals surface area contributed by atoms with E-state index in [1.807, 2.05) is 18.2 Å². The van der Waals surface area contributed by atoms with E-state index in [4.69, 9.17) is 11.6 Å². The van der Waals surface area contributed by atoms with Gasteiger partial charge < -0.3 is 5.32 Å². The highest BCUT2D eigenvalue weighted by atomic mass is 79.9. The summed E-state index contributed by atoms with van der Waals surface area (Å²) in [7, 11) is 0. The molecule has 0 saturated heterocycles. The van der Waals surface area contributed by atoms with Crippen LogP contribution < -0.4 is 5.32 Å². The Hall–Kier alpha value is -0.310. The second kappa shape index (κ2) is 7.04. The molecule has 0 spiro atoms. The smallest absolute Gasteiger partial charge is 0.0412 e. The van der Waals surface area contributed by atoms with Crippen molar-refractivity contribution in [3.8, 4) is 0 Å². The van der Waals surface area contributed by atoms with E-state index in [1.54, 1.807) is 0 Å². The molecule has 1 N–H and O–H groups in total. The number of benzene rings is 1. The van der Waals surface area contributed by atoms with Crippen LogP contribution in [-0.4, -0.2) is 13.1 Å². The molecule has 0 aromatic heterocycles. The Labute approximate surface area is 105 Å². The molecule has 0 aliphatic carbocycles. The third-order valence-corrected chi connectivity index (χ3v) is 2.90. The van der Waals surface area contributed by atoms with Gasteiger partial charge in [0.15, 0.2) is 0 Å². The van der Waals surface area contributed by atoms with Crippen LogP contribution in [0.5, 0.6) is 0 Å². The molecule has 1 nitrogen and oxygen atoms in total. The van der Waals surface area contributed by atoms with Gasteiger partial charge >= 0.3 is 0 Å². The zero-order valence-electron chi connectivity index (χ0n) is 8.76. The summed E-state index contributed by atoms with van der Waals surface area (Å²) < 4.78 is 1.07. The van der Waals surface area contributed by atoms with Crippen LogP contribution in [0, 0.1) is 0 Å². The fourth-order valence-electron chi connectivity index (χ4n) is 1.19. The van der Waals surface area contributed by atoms with Gasteiger partial charge in [-0.25, -0.2) is 0 Å². The van der Waals surface area contributed by atoms with Crippen LogP contribution in [0.15, 0.2) is 28.7 Å². The van der Waals surface area contributed by atoms with Gasteiger partial charge in [-0.1, -0.05) is 46.6 Å². The predicted molar refractivity (Wildman–Crippen MR) is 71.3 cm³/mol. The normalized spacial score (nSPS) is 11.1. The van der Waals surface area contributed by atoms with Gasteiger partial charge in [-0.15, -0.1) is 0 Å². The molecule has 0 atom stereocenters. The Kier molecular flexibility index (Phi) is 5.99. The van der Waals surface area contributed by atoms with Crippen molar-refractivity contribution in [2.45, 2.75) is 13.3 Å². The molecular formula is C12H15BrClN. The van der Waals surface area contributed by atoms with E-state index >= 15 is 0 Å². The highest BCUT2D eigenvalue weighted by Crippen LogP contribution is 2.22. The van der Waals surface area contributed by atoms with Gasteiger partial charge in [-0.05, 0) is 36.7 Å². The Bertz CT molecular complexity index is 336. The van der Waals surface area contributed by atoms with Crippen LogP contribution in [0.25, 0.3) is 6.08 Å². The molecule has 1 aromatic rings. The number of hydrogen-bond acceptors (Lipinski definition) is 1. The van der Waals surface area contributed by atoms with E-state index in [0.717, 1.165) is 34.6 Å². The van der Waals surface area contributed by atoms with Crippen LogP contribution in [-0.2, 0) is 0 Å². The molecule has 3 heteroatoms. The second-order valence-electron chi connectivity index (χ2n) is 3.27. The van der Waals surface area contributed by atoms with Crippen molar-refractivity contribution in [3.05, 3.63) is 39.3 Å². The van der Waals surface area contributed by atoms with Gasteiger partial charge in [-0.2, -0.15) is 0 Å². The lowest BCUT2D eigenvalue weighted by molar-refractivity contribution is 0.730. The van der Waals surface area contributed by atoms with Gasteiger partial charge in [0, 0.05) is 16.0 Å². The van der Waals surface area contributed by atoms with E-state index in [9.17, 15) is 0 Å². The molecule has 82 valence electrons. The van der Waals surface area contributed by atoms with Crippen molar-refractivity contribution in [3.63, 3.8) is 0 Å². The van der Waals surface area contributed by atoms with Crippen LogP contribution in [0.4, 0.5) is 0 Å². The molecule has 0 radical (unpaired) electrons. The number of hydrogen-bond donors (Lipinski definition) is 1. The maximum atomic E-state index is 5.91. The monoisotopic (exact) mass is 287 g/mol. The van der Waals surface area contributed by atoms with Crippen molar-refractivity contribution in [1.29, 1.82) is 0 Å². The summed E-state index contributed by atoms with van der Waals surface area (Å²) in [4.78, 5) is 0. The highest BCUT2D eigenvalue weighted by molar-refractivity contribution is 9.10. The van der Waals surface area contributed by atoms with Gasteiger partial charge in [0.25, 0.3) is 0 Å². The lowest BCUT2D eigenvalue weighted by Crippen LogP contribution is -2.13.